The van der Waals surface area contributed by atoms with Crippen molar-refractivity contribution in [2.24, 2.45) is 0 Å². The lowest BCUT2D eigenvalue weighted by atomic mass is 9.91. The summed E-state index contributed by atoms with van der Waals surface area (Å²) in [4.78, 5) is 17.2. The smallest absolute Gasteiger partial charge is 0.225 e. The van der Waals surface area contributed by atoms with Gasteiger partial charge in [0.15, 0.2) is 0 Å². The second-order valence-corrected chi connectivity index (χ2v) is 11.4. The summed E-state index contributed by atoms with van der Waals surface area (Å²) in [5.74, 6) is 1.49. The van der Waals surface area contributed by atoms with Crippen LogP contribution in [0.15, 0.2) is 36.7 Å². The fourth-order valence-corrected chi connectivity index (χ4v) is 7.58. The number of hydrogen-bond acceptors (Lipinski definition) is 6. The number of hydrogen-bond donors (Lipinski definition) is 0. The van der Waals surface area contributed by atoms with Crippen molar-refractivity contribution in [3.8, 4) is 5.88 Å². The molecule has 0 radical (unpaired) electrons. The summed E-state index contributed by atoms with van der Waals surface area (Å²) in [6, 6.07) is 11.6. The number of rotatable bonds is 6. The molecule has 34 heavy (non-hydrogen) atoms. The lowest BCUT2D eigenvalue weighted by Gasteiger charge is -2.42. The number of ether oxygens (including phenoxy) is 1. The van der Waals surface area contributed by atoms with E-state index < -0.39 is 0 Å². The molecule has 3 aliphatic rings. The first kappa shape index (κ1) is 22.4. The predicted molar refractivity (Wildman–Crippen MR) is 139 cm³/mol. The van der Waals surface area contributed by atoms with E-state index in [1.807, 2.05) is 11.3 Å². The first-order valence-electron chi connectivity index (χ1n) is 13.2. The minimum Gasteiger partial charge on any atom is -0.474 e. The zero-order valence-corrected chi connectivity index (χ0v) is 21.1. The Morgan fingerprint density at radius 2 is 1.76 bits per heavy atom. The molecule has 6 heteroatoms. The van der Waals surface area contributed by atoms with Crippen LogP contribution in [0, 0.1) is 0 Å². The van der Waals surface area contributed by atoms with E-state index in [-0.39, 0.29) is 6.10 Å². The number of fused-ring (bicyclic) bond motifs is 3. The molecule has 1 saturated carbocycles. The van der Waals surface area contributed by atoms with Gasteiger partial charge in [0, 0.05) is 43.6 Å². The fourth-order valence-electron chi connectivity index (χ4n) is 6.35. The first-order chi connectivity index (χ1) is 16.8. The Morgan fingerprint density at radius 3 is 2.53 bits per heavy atom. The van der Waals surface area contributed by atoms with Gasteiger partial charge < -0.3 is 4.74 Å². The highest BCUT2D eigenvalue weighted by Crippen LogP contribution is 2.47. The maximum atomic E-state index is 6.59. The third kappa shape index (κ3) is 4.48. The molecule has 0 spiro atoms. The van der Waals surface area contributed by atoms with Gasteiger partial charge >= 0.3 is 0 Å². The van der Waals surface area contributed by atoms with Crippen LogP contribution in [-0.2, 0) is 13.0 Å². The zero-order valence-electron chi connectivity index (χ0n) is 20.3. The summed E-state index contributed by atoms with van der Waals surface area (Å²) in [6.45, 7) is 8.10. The summed E-state index contributed by atoms with van der Waals surface area (Å²) in [7, 11) is 0. The van der Waals surface area contributed by atoms with Crippen LogP contribution in [0.1, 0.15) is 67.4 Å². The van der Waals surface area contributed by atoms with E-state index >= 15 is 0 Å². The highest BCUT2D eigenvalue weighted by Gasteiger charge is 2.32. The maximum Gasteiger partial charge on any atom is 0.225 e. The Bertz CT molecular complexity index is 1100. The lowest BCUT2D eigenvalue weighted by molar-refractivity contribution is 0.0487. The van der Waals surface area contributed by atoms with Gasteiger partial charge in [0.25, 0.3) is 0 Å². The van der Waals surface area contributed by atoms with Crippen molar-refractivity contribution in [3.63, 3.8) is 0 Å². The van der Waals surface area contributed by atoms with Gasteiger partial charge in [-0.1, -0.05) is 37.3 Å². The van der Waals surface area contributed by atoms with E-state index in [9.17, 15) is 0 Å². The van der Waals surface area contributed by atoms with Gasteiger partial charge in [0.05, 0.1) is 5.39 Å². The van der Waals surface area contributed by atoms with Gasteiger partial charge in [-0.25, -0.2) is 9.97 Å². The number of aromatic nitrogens is 2. The van der Waals surface area contributed by atoms with Crippen LogP contribution in [-0.4, -0.2) is 58.1 Å². The van der Waals surface area contributed by atoms with Crippen LogP contribution in [0.25, 0.3) is 10.2 Å². The normalized spacial score (nSPS) is 26.1. The van der Waals surface area contributed by atoms with Crippen molar-refractivity contribution in [2.75, 3.05) is 26.2 Å². The van der Waals surface area contributed by atoms with Gasteiger partial charge in [0.2, 0.25) is 5.88 Å². The highest BCUT2D eigenvalue weighted by molar-refractivity contribution is 7.19. The maximum absolute atomic E-state index is 6.59. The molecule has 2 fully saturated rings. The molecule has 3 heterocycles. The van der Waals surface area contributed by atoms with Crippen LogP contribution >= 0.6 is 11.3 Å². The van der Waals surface area contributed by atoms with E-state index in [4.69, 9.17) is 4.74 Å². The van der Waals surface area contributed by atoms with Crippen LogP contribution in [0.2, 0.25) is 0 Å². The van der Waals surface area contributed by atoms with Crippen LogP contribution in [0.4, 0.5) is 0 Å². The Labute approximate surface area is 207 Å². The summed E-state index contributed by atoms with van der Waals surface area (Å²) in [5, 5.41) is 1.23. The van der Waals surface area contributed by atoms with Crippen molar-refractivity contribution in [1.82, 2.24) is 19.8 Å². The molecule has 2 aliphatic carbocycles. The topological polar surface area (TPSA) is 41.5 Å². The fraction of sp³-hybridized carbons (Fsp3) is 0.571. The SMILES string of the molecule is CC[C@H]1CCc2sc3ncnc(O[C@H]4CC[C@H](N5CCN(Cc6ccccc6)CC5)CC4)c3c21. The third-order valence-corrected chi connectivity index (χ3v) is 9.46. The molecule has 0 bridgehead atoms. The standard InChI is InChI=1S/C28H36N4OS/c1-2-21-8-13-24-25(21)26-27(29-19-30-28(26)34-24)33-23-11-9-22(10-12-23)32-16-14-31(15-17-32)18-20-6-4-3-5-7-20/h3-7,19,21-23H,2,8-18H2,1H3/t21-,22-,23-/m0/s1. The van der Waals surface area contributed by atoms with Crippen molar-refractivity contribution in [1.29, 1.82) is 0 Å². The van der Waals surface area contributed by atoms with E-state index in [0.29, 0.717) is 12.0 Å². The first-order valence-corrected chi connectivity index (χ1v) is 14.0. The molecule has 1 atom stereocenters. The molecular formula is C28H36N4OS. The Hall–Kier alpha value is -2.02. The molecule has 0 unspecified atom stereocenters. The van der Waals surface area contributed by atoms with Gasteiger partial charge in [-0.05, 0) is 62.0 Å². The van der Waals surface area contributed by atoms with Gasteiger partial charge in [0.1, 0.15) is 17.3 Å². The number of thiophene rings is 1. The molecule has 3 aromatic rings. The van der Waals surface area contributed by atoms with E-state index in [1.165, 1.54) is 79.7 Å². The minimum atomic E-state index is 0.283. The van der Waals surface area contributed by atoms with Crippen molar-refractivity contribution < 1.29 is 4.74 Å². The van der Waals surface area contributed by atoms with Crippen LogP contribution in [0.5, 0.6) is 5.88 Å². The molecule has 5 nitrogen and oxygen atoms in total. The monoisotopic (exact) mass is 476 g/mol. The third-order valence-electron chi connectivity index (χ3n) is 8.28. The Morgan fingerprint density at radius 1 is 0.971 bits per heavy atom. The number of aryl methyl sites for hydroxylation is 1. The second-order valence-electron chi connectivity index (χ2n) is 10.3. The predicted octanol–water partition coefficient (Wildman–Crippen LogP) is 5.64. The summed E-state index contributed by atoms with van der Waals surface area (Å²) in [6.07, 6.45) is 10.4. The van der Waals surface area contributed by atoms with Crippen LogP contribution < -0.4 is 4.74 Å². The summed E-state index contributed by atoms with van der Waals surface area (Å²) in [5.41, 5.74) is 2.93. The average molecular weight is 477 g/mol. The Balaban J connectivity index is 1.04. The summed E-state index contributed by atoms with van der Waals surface area (Å²) < 4.78 is 6.59. The van der Waals surface area contributed by atoms with Crippen molar-refractivity contribution >= 4 is 21.6 Å². The summed E-state index contributed by atoms with van der Waals surface area (Å²) >= 11 is 1.86. The van der Waals surface area contributed by atoms with Crippen LogP contribution in [0.3, 0.4) is 0 Å². The number of nitrogens with zero attached hydrogens (tertiary/aromatic N) is 4. The largest absolute Gasteiger partial charge is 0.474 e. The van der Waals surface area contributed by atoms with E-state index in [0.717, 1.165) is 30.1 Å². The molecule has 0 N–H and O–H groups in total. The van der Waals surface area contributed by atoms with Crippen molar-refractivity contribution in [3.05, 3.63) is 52.7 Å². The molecule has 1 aliphatic heterocycles. The second kappa shape index (κ2) is 9.92. The highest BCUT2D eigenvalue weighted by atomic mass is 32.1. The van der Waals surface area contributed by atoms with E-state index in [1.54, 1.807) is 6.33 Å². The van der Waals surface area contributed by atoms with E-state index in [2.05, 4.69) is 57.0 Å². The van der Waals surface area contributed by atoms with Gasteiger partial charge in [-0.3, -0.25) is 9.80 Å². The zero-order chi connectivity index (χ0) is 22.9. The van der Waals surface area contributed by atoms with Gasteiger partial charge in [-0.15, -0.1) is 11.3 Å². The quantitative estimate of drug-likeness (QED) is 0.461. The Kier molecular flexibility index (Phi) is 6.55. The number of benzene rings is 1. The molecular weight excluding hydrogens is 440 g/mol. The molecule has 1 aromatic carbocycles. The average Bonchev–Trinajstić information content (AvgIpc) is 3.45. The molecule has 180 valence electrons. The molecule has 2 aromatic heterocycles. The minimum absolute atomic E-state index is 0.283. The molecule has 1 saturated heterocycles. The van der Waals surface area contributed by atoms with Crippen molar-refractivity contribution in [2.45, 2.75) is 76.5 Å². The lowest BCUT2D eigenvalue weighted by Crippen LogP contribution is -2.51. The van der Waals surface area contributed by atoms with Gasteiger partial charge in [-0.2, -0.15) is 0 Å². The molecule has 6 rings (SSSR count). The number of piperazine rings is 1. The molecule has 0 amide bonds.